The zero-order chi connectivity index (χ0) is 21.1. The van der Waals surface area contributed by atoms with Crippen molar-refractivity contribution in [2.75, 3.05) is 20.8 Å². The van der Waals surface area contributed by atoms with E-state index in [9.17, 15) is 14.7 Å². The molecule has 6 nitrogen and oxygen atoms in total. The van der Waals surface area contributed by atoms with Crippen molar-refractivity contribution in [3.63, 3.8) is 0 Å². The third kappa shape index (κ3) is 3.83. The molecule has 1 saturated heterocycles. The van der Waals surface area contributed by atoms with Crippen molar-refractivity contribution in [2.24, 2.45) is 5.92 Å². The van der Waals surface area contributed by atoms with Crippen molar-refractivity contribution in [2.45, 2.75) is 19.9 Å². The van der Waals surface area contributed by atoms with Gasteiger partial charge in [0, 0.05) is 23.7 Å². The van der Waals surface area contributed by atoms with Gasteiger partial charge in [-0.2, -0.15) is 0 Å². The van der Waals surface area contributed by atoms with Gasteiger partial charge in [-0.1, -0.05) is 44.2 Å². The molecule has 29 heavy (non-hydrogen) atoms. The van der Waals surface area contributed by atoms with Gasteiger partial charge in [0.25, 0.3) is 11.7 Å². The number of ether oxygens (including phenoxy) is 2. The molecule has 1 aliphatic heterocycles. The smallest absolute Gasteiger partial charge is 0.295 e. The highest BCUT2D eigenvalue weighted by Crippen LogP contribution is 2.43. The van der Waals surface area contributed by atoms with Gasteiger partial charge in [0.05, 0.1) is 25.8 Å². The van der Waals surface area contributed by atoms with Crippen LogP contribution in [-0.4, -0.2) is 42.5 Å². The largest absolute Gasteiger partial charge is 0.507 e. The van der Waals surface area contributed by atoms with Crippen LogP contribution in [0.15, 0.2) is 54.1 Å². The van der Waals surface area contributed by atoms with Crippen LogP contribution < -0.4 is 9.47 Å². The van der Waals surface area contributed by atoms with Crippen LogP contribution >= 0.6 is 0 Å². The molecule has 0 radical (unpaired) electrons. The lowest BCUT2D eigenvalue weighted by Gasteiger charge is -2.28. The first kappa shape index (κ1) is 20.5. The van der Waals surface area contributed by atoms with Gasteiger partial charge < -0.3 is 19.5 Å². The average molecular weight is 395 g/mol. The first-order chi connectivity index (χ1) is 13.9. The molecule has 1 atom stereocenters. The molecular formula is C23H25NO5. The van der Waals surface area contributed by atoms with Gasteiger partial charge in [-0.05, 0) is 18.1 Å². The second-order valence-electron chi connectivity index (χ2n) is 7.32. The lowest BCUT2D eigenvalue weighted by molar-refractivity contribution is -0.140. The molecule has 2 aromatic rings. The Labute approximate surface area is 170 Å². The molecule has 1 unspecified atom stereocenters. The summed E-state index contributed by atoms with van der Waals surface area (Å²) in [5.41, 5.74) is 1.16. The molecule has 2 aromatic carbocycles. The minimum absolute atomic E-state index is 0.0605. The van der Waals surface area contributed by atoms with E-state index in [4.69, 9.17) is 9.47 Å². The molecule has 0 aliphatic carbocycles. The fourth-order valence-corrected chi connectivity index (χ4v) is 3.58. The number of hydrogen-bond donors (Lipinski definition) is 1. The summed E-state index contributed by atoms with van der Waals surface area (Å²) in [5, 5.41) is 11.0. The van der Waals surface area contributed by atoms with E-state index in [-0.39, 0.29) is 17.3 Å². The molecule has 152 valence electrons. The van der Waals surface area contributed by atoms with E-state index in [1.807, 2.05) is 19.9 Å². The number of hydrogen-bond acceptors (Lipinski definition) is 5. The molecule has 0 saturated carbocycles. The van der Waals surface area contributed by atoms with Crippen molar-refractivity contribution in [1.82, 2.24) is 4.90 Å². The first-order valence-electron chi connectivity index (χ1n) is 9.44. The number of methoxy groups -OCH3 is 2. The summed E-state index contributed by atoms with van der Waals surface area (Å²) in [7, 11) is 3.07. The van der Waals surface area contributed by atoms with Gasteiger partial charge in [0.15, 0.2) is 0 Å². The van der Waals surface area contributed by atoms with Crippen LogP contribution in [0.5, 0.6) is 11.5 Å². The zero-order valence-corrected chi connectivity index (χ0v) is 17.0. The maximum atomic E-state index is 12.9. The first-order valence-corrected chi connectivity index (χ1v) is 9.44. The summed E-state index contributed by atoms with van der Waals surface area (Å²) in [5.74, 6) is -0.317. The molecular weight excluding hydrogens is 370 g/mol. The van der Waals surface area contributed by atoms with Gasteiger partial charge in [-0.15, -0.1) is 0 Å². The highest BCUT2D eigenvalue weighted by molar-refractivity contribution is 6.46. The molecule has 1 aliphatic rings. The number of Topliss-reactive ketones (excluding diaryl/α,β-unsaturated/α-hetero) is 1. The van der Waals surface area contributed by atoms with Crippen LogP contribution in [0.25, 0.3) is 5.76 Å². The van der Waals surface area contributed by atoms with Crippen LogP contribution in [0.2, 0.25) is 0 Å². The number of ketones is 1. The van der Waals surface area contributed by atoms with E-state index in [0.29, 0.717) is 29.2 Å². The van der Waals surface area contributed by atoms with Gasteiger partial charge in [0.1, 0.15) is 17.3 Å². The number of aliphatic hydroxyl groups excluding tert-OH is 1. The maximum Gasteiger partial charge on any atom is 0.295 e. The number of carbonyl (C=O) groups is 2. The summed E-state index contributed by atoms with van der Waals surface area (Å²) >= 11 is 0. The predicted molar refractivity (Wildman–Crippen MR) is 110 cm³/mol. The Morgan fingerprint density at radius 3 is 2.34 bits per heavy atom. The van der Waals surface area contributed by atoms with Crippen molar-refractivity contribution in [3.05, 3.63) is 65.2 Å². The fourth-order valence-electron chi connectivity index (χ4n) is 3.58. The lowest BCUT2D eigenvalue weighted by atomic mass is 9.94. The highest BCUT2D eigenvalue weighted by Gasteiger charge is 2.47. The Kier molecular flexibility index (Phi) is 5.92. The maximum absolute atomic E-state index is 12.9. The van der Waals surface area contributed by atoms with Crippen molar-refractivity contribution in [1.29, 1.82) is 0 Å². The molecule has 0 spiro atoms. The molecule has 0 bridgehead atoms. The Balaban J connectivity index is 2.24. The van der Waals surface area contributed by atoms with Gasteiger partial charge in [-0.25, -0.2) is 0 Å². The normalized spacial score (nSPS) is 18.4. The predicted octanol–water partition coefficient (Wildman–Crippen LogP) is 3.78. The van der Waals surface area contributed by atoms with E-state index in [1.54, 1.807) is 49.6 Å². The van der Waals surface area contributed by atoms with E-state index in [1.165, 1.54) is 12.0 Å². The topological polar surface area (TPSA) is 76.1 Å². The minimum atomic E-state index is -0.751. The molecule has 3 rings (SSSR count). The highest BCUT2D eigenvalue weighted by atomic mass is 16.5. The van der Waals surface area contributed by atoms with Crippen LogP contribution in [0, 0.1) is 5.92 Å². The second-order valence-corrected chi connectivity index (χ2v) is 7.32. The number of likely N-dealkylation sites (tertiary alicyclic amines) is 1. The molecule has 1 N–H and O–H groups in total. The van der Waals surface area contributed by atoms with Crippen LogP contribution in [0.3, 0.4) is 0 Å². The quantitative estimate of drug-likeness (QED) is 0.458. The average Bonchev–Trinajstić information content (AvgIpc) is 2.97. The lowest BCUT2D eigenvalue weighted by Crippen LogP contribution is -2.33. The summed E-state index contributed by atoms with van der Waals surface area (Å²) in [6.07, 6.45) is 0. The van der Waals surface area contributed by atoms with Gasteiger partial charge in [0.2, 0.25) is 0 Å². The number of aliphatic hydroxyl groups is 1. The standard InChI is InChI=1S/C23H25NO5/c1-14(2)13-24-20(17-11-10-16(28-3)12-18(17)29-4)19(22(26)23(24)27)21(25)15-8-6-5-7-9-15/h5-12,14,20,25H,13H2,1-4H3/b21-19-. The molecule has 1 fully saturated rings. The minimum Gasteiger partial charge on any atom is -0.507 e. The third-order valence-electron chi connectivity index (χ3n) is 4.88. The van der Waals surface area contributed by atoms with Gasteiger partial charge >= 0.3 is 0 Å². The summed E-state index contributed by atoms with van der Waals surface area (Å²) in [4.78, 5) is 27.3. The van der Waals surface area contributed by atoms with Crippen LogP contribution in [-0.2, 0) is 9.59 Å². The number of benzene rings is 2. The van der Waals surface area contributed by atoms with Crippen LogP contribution in [0.4, 0.5) is 0 Å². The molecule has 6 heteroatoms. The molecule has 1 amide bonds. The van der Waals surface area contributed by atoms with E-state index in [2.05, 4.69) is 0 Å². The Bertz CT molecular complexity index is 949. The zero-order valence-electron chi connectivity index (χ0n) is 17.0. The summed E-state index contributed by atoms with van der Waals surface area (Å²) in [6, 6.07) is 13.2. The number of amides is 1. The summed E-state index contributed by atoms with van der Waals surface area (Å²) < 4.78 is 10.8. The third-order valence-corrected chi connectivity index (χ3v) is 4.88. The number of rotatable bonds is 6. The molecule has 1 heterocycles. The van der Waals surface area contributed by atoms with Gasteiger partial charge in [-0.3, -0.25) is 9.59 Å². The second kappa shape index (κ2) is 8.39. The monoisotopic (exact) mass is 395 g/mol. The van der Waals surface area contributed by atoms with Crippen molar-refractivity contribution < 1.29 is 24.2 Å². The van der Waals surface area contributed by atoms with E-state index < -0.39 is 17.7 Å². The van der Waals surface area contributed by atoms with E-state index in [0.717, 1.165) is 0 Å². The van der Waals surface area contributed by atoms with Crippen LogP contribution in [0.1, 0.15) is 31.0 Å². The fraction of sp³-hybridized carbons (Fsp3) is 0.304. The Morgan fingerprint density at radius 2 is 1.76 bits per heavy atom. The van der Waals surface area contributed by atoms with Crippen molar-refractivity contribution in [3.8, 4) is 11.5 Å². The Hall–Kier alpha value is -3.28. The number of carbonyl (C=O) groups excluding carboxylic acids is 2. The van der Waals surface area contributed by atoms with E-state index >= 15 is 0 Å². The van der Waals surface area contributed by atoms with Crippen molar-refractivity contribution >= 4 is 17.4 Å². The SMILES string of the molecule is COc1ccc(C2/C(=C(/O)c3ccccc3)C(=O)C(=O)N2CC(C)C)c(OC)c1. The molecule has 0 aromatic heterocycles. The Morgan fingerprint density at radius 1 is 1.07 bits per heavy atom. The number of nitrogens with zero attached hydrogens (tertiary/aromatic N) is 1. The summed E-state index contributed by atoms with van der Waals surface area (Å²) in [6.45, 7) is 4.31.